The Hall–Kier alpha value is -5.03. The second-order valence-electron chi connectivity index (χ2n) is 11.6. The molecule has 0 unspecified atom stereocenters. The Kier molecular flexibility index (Phi) is 6.23. The lowest BCUT2D eigenvalue weighted by atomic mass is 9.92. The summed E-state index contributed by atoms with van der Waals surface area (Å²) in [6, 6.07) is 30.7. The number of nitrogens with one attached hydrogen (secondary N) is 1. The van der Waals surface area contributed by atoms with E-state index < -0.39 is 0 Å². The van der Waals surface area contributed by atoms with Gasteiger partial charge in [0, 0.05) is 23.3 Å². The summed E-state index contributed by atoms with van der Waals surface area (Å²) < 4.78 is 2.25. The van der Waals surface area contributed by atoms with Gasteiger partial charge in [0.15, 0.2) is 11.3 Å². The van der Waals surface area contributed by atoms with Crippen LogP contribution >= 0.6 is 0 Å². The first-order valence-electron chi connectivity index (χ1n) is 14.5. The first-order valence-corrected chi connectivity index (χ1v) is 14.5. The molecule has 3 aromatic heterocycles. The number of fused-ring (bicyclic) bond motifs is 4. The van der Waals surface area contributed by atoms with Gasteiger partial charge in [-0.3, -0.25) is 14.3 Å². The van der Waals surface area contributed by atoms with Crippen LogP contribution in [0.3, 0.4) is 0 Å². The Balaban J connectivity index is 1.57. The lowest BCUT2D eigenvalue weighted by Gasteiger charge is -2.21. The van der Waals surface area contributed by atoms with Crippen molar-refractivity contribution in [2.75, 3.05) is 0 Å². The van der Waals surface area contributed by atoms with E-state index in [1.807, 2.05) is 18.2 Å². The third kappa shape index (κ3) is 4.20. The monoisotopic (exact) mass is 548 g/mol. The molecule has 0 atom stereocenters. The van der Waals surface area contributed by atoms with Crippen molar-refractivity contribution in [3.05, 3.63) is 125 Å². The van der Waals surface area contributed by atoms with Gasteiger partial charge in [0.2, 0.25) is 0 Å². The number of pyridine rings is 2. The van der Waals surface area contributed by atoms with Crippen LogP contribution in [0, 0.1) is 0 Å². The van der Waals surface area contributed by atoms with Crippen molar-refractivity contribution in [1.82, 2.24) is 19.5 Å². The van der Waals surface area contributed by atoms with Gasteiger partial charge in [0.05, 0.1) is 33.5 Å². The average molecular weight is 549 g/mol. The summed E-state index contributed by atoms with van der Waals surface area (Å²) in [6.07, 6.45) is 3.93. The highest BCUT2D eigenvalue weighted by Crippen LogP contribution is 2.37. The highest BCUT2D eigenvalue weighted by atomic mass is 16.1. The molecule has 0 amide bonds. The Labute approximate surface area is 244 Å². The van der Waals surface area contributed by atoms with Gasteiger partial charge in [-0.1, -0.05) is 100 Å². The summed E-state index contributed by atoms with van der Waals surface area (Å²) in [5.41, 5.74) is 7.91. The average Bonchev–Trinajstić information content (AvgIpc) is 3.45. The third-order valence-corrected chi connectivity index (χ3v) is 8.17. The second kappa shape index (κ2) is 10.1. The van der Waals surface area contributed by atoms with Gasteiger partial charge in [0.25, 0.3) is 0 Å². The van der Waals surface area contributed by atoms with Crippen LogP contribution in [-0.2, 0) is 0 Å². The normalized spacial score (nSPS) is 11.9. The van der Waals surface area contributed by atoms with Crippen molar-refractivity contribution >= 4 is 32.6 Å². The molecule has 4 aromatic carbocycles. The summed E-state index contributed by atoms with van der Waals surface area (Å²) in [4.78, 5) is 26.6. The third-order valence-electron chi connectivity index (χ3n) is 8.17. The van der Waals surface area contributed by atoms with E-state index in [0.29, 0.717) is 17.2 Å². The number of para-hydroxylation sites is 1. The number of rotatable bonds is 5. The molecule has 7 rings (SSSR count). The molecule has 0 saturated heterocycles. The fraction of sp³-hybridized carbons (Fsp3) is 0.162. The van der Waals surface area contributed by atoms with Crippen molar-refractivity contribution in [2.24, 2.45) is 0 Å². The first-order chi connectivity index (χ1) is 20.4. The van der Waals surface area contributed by atoms with E-state index in [0.717, 1.165) is 50.3 Å². The van der Waals surface area contributed by atoms with E-state index >= 15 is 0 Å². The maximum absolute atomic E-state index is 13.0. The second-order valence-corrected chi connectivity index (χ2v) is 11.6. The Morgan fingerprint density at radius 1 is 0.738 bits per heavy atom. The highest BCUT2D eigenvalue weighted by Gasteiger charge is 2.22. The molecular weight excluding hydrogens is 516 g/mol. The molecule has 0 aliphatic heterocycles. The molecule has 0 fully saturated rings. The maximum atomic E-state index is 13.0. The summed E-state index contributed by atoms with van der Waals surface area (Å²) >= 11 is 0. The smallest absolute Gasteiger partial charge is 0.188 e. The largest absolute Gasteiger partial charge is 0.350 e. The van der Waals surface area contributed by atoms with Crippen molar-refractivity contribution in [3.63, 3.8) is 0 Å². The lowest BCUT2D eigenvalue weighted by molar-refractivity contribution is 0.806. The minimum absolute atomic E-state index is 0.0275. The summed E-state index contributed by atoms with van der Waals surface area (Å²) in [5.74, 6) is 1.41. The Morgan fingerprint density at radius 2 is 1.43 bits per heavy atom. The molecule has 7 aromatic rings. The molecule has 0 aliphatic carbocycles. The van der Waals surface area contributed by atoms with E-state index in [1.54, 1.807) is 18.3 Å². The molecule has 42 heavy (non-hydrogen) atoms. The van der Waals surface area contributed by atoms with Gasteiger partial charge in [-0.15, -0.1) is 0 Å². The van der Waals surface area contributed by atoms with Crippen molar-refractivity contribution in [2.45, 2.75) is 39.5 Å². The van der Waals surface area contributed by atoms with Crippen LogP contribution in [0.5, 0.6) is 0 Å². The van der Waals surface area contributed by atoms with Gasteiger partial charge >= 0.3 is 0 Å². The van der Waals surface area contributed by atoms with Crippen LogP contribution in [0.2, 0.25) is 0 Å². The Morgan fingerprint density at radius 3 is 2.21 bits per heavy atom. The van der Waals surface area contributed by atoms with E-state index in [2.05, 4.69) is 109 Å². The van der Waals surface area contributed by atoms with Gasteiger partial charge in [-0.25, -0.2) is 4.98 Å². The number of hydrogen-bond donors (Lipinski definition) is 1. The van der Waals surface area contributed by atoms with Crippen molar-refractivity contribution in [1.29, 1.82) is 0 Å². The van der Waals surface area contributed by atoms with Crippen molar-refractivity contribution in [3.8, 4) is 28.5 Å². The first kappa shape index (κ1) is 25.9. The minimum Gasteiger partial charge on any atom is -0.350 e. The quantitative estimate of drug-likeness (QED) is 0.218. The molecule has 1 N–H and O–H groups in total. The van der Waals surface area contributed by atoms with E-state index in [9.17, 15) is 4.79 Å². The van der Waals surface area contributed by atoms with Gasteiger partial charge in [-0.05, 0) is 51.9 Å². The van der Waals surface area contributed by atoms with Gasteiger partial charge in [-0.2, -0.15) is 0 Å². The van der Waals surface area contributed by atoms with Crippen LogP contribution in [0.1, 0.15) is 50.7 Å². The summed E-state index contributed by atoms with van der Waals surface area (Å²) in [6.45, 7) is 8.95. The number of nitrogens with zero attached hydrogens (tertiary/aromatic N) is 3. The van der Waals surface area contributed by atoms with Gasteiger partial charge < -0.3 is 4.98 Å². The number of imidazole rings is 1. The Bertz CT molecular complexity index is 2150. The molecule has 0 bridgehead atoms. The number of aromatic amines is 1. The van der Waals surface area contributed by atoms with E-state index in [4.69, 9.17) is 4.98 Å². The molecule has 0 radical (unpaired) electrons. The maximum Gasteiger partial charge on any atom is 0.188 e. The molecule has 5 heteroatoms. The molecule has 0 saturated carbocycles. The molecule has 0 aliphatic rings. The van der Waals surface area contributed by atoms with E-state index in [1.165, 1.54) is 16.5 Å². The zero-order chi connectivity index (χ0) is 29.0. The van der Waals surface area contributed by atoms with Gasteiger partial charge in [0.1, 0.15) is 0 Å². The molecular formula is C37H32N4O. The minimum atomic E-state index is -0.0275. The van der Waals surface area contributed by atoms with Crippen LogP contribution in [0.15, 0.2) is 108 Å². The zero-order valence-corrected chi connectivity index (χ0v) is 24.2. The molecule has 5 nitrogen and oxygen atoms in total. The predicted molar refractivity (Wildman–Crippen MR) is 174 cm³/mol. The number of aromatic nitrogens is 4. The summed E-state index contributed by atoms with van der Waals surface area (Å²) in [5, 5.41) is 3.79. The van der Waals surface area contributed by atoms with E-state index in [-0.39, 0.29) is 5.43 Å². The predicted octanol–water partition coefficient (Wildman–Crippen LogP) is 9.00. The standard InChI is InChI=1S/C37H32N4O/c1-22(2)26-14-9-15-27(23(3)4)36(26)41-21-32(29-16-7-11-24-10-5-6-13-28(24)29)40-37(41)31-19-18-30-35(39-31)34-25(20-38-30)12-8-17-33(34)42/h5-23,39H,1-4H3. The number of H-pyrrole nitrogens is 1. The lowest BCUT2D eigenvalue weighted by Crippen LogP contribution is -2.08. The number of benzene rings is 4. The van der Waals surface area contributed by atoms with Crippen LogP contribution in [0.25, 0.3) is 61.0 Å². The molecule has 3 heterocycles. The van der Waals surface area contributed by atoms with Crippen LogP contribution < -0.4 is 5.43 Å². The van der Waals surface area contributed by atoms with Crippen molar-refractivity contribution < 1.29 is 0 Å². The molecule has 206 valence electrons. The zero-order valence-electron chi connectivity index (χ0n) is 24.2. The fourth-order valence-electron chi connectivity index (χ4n) is 6.09. The summed E-state index contributed by atoms with van der Waals surface area (Å²) in [7, 11) is 0. The number of hydrogen-bond acceptors (Lipinski definition) is 3. The SMILES string of the molecule is CC(C)c1cccc(C(C)C)c1-n1cc(-c2cccc3ccccc23)nc1-c1ccc2ncc3cccc(=O)c3c2[nH]1. The topological polar surface area (TPSA) is 63.6 Å². The van der Waals surface area contributed by atoms with Crippen LogP contribution in [-0.4, -0.2) is 19.5 Å². The fourth-order valence-corrected chi connectivity index (χ4v) is 6.09. The molecule has 0 spiro atoms. The highest BCUT2D eigenvalue weighted by molar-refractivity contribution is 6.03. The van der Waals surface area contributed by atoms with Crippen LogP contribution in [0.4, 0.5) is 0 Å².